The molecule has 0 radical (unpaired) electrons. The second-order valence-electron chi connectivity index (χ2n) is 14.3. The highest BCUT2D eigenvalue weighted by molar-refractivity contribution is 5.91. The molecule has 0 unspecified atom stereocenters. The highest BCUT2D eigenvalue weighted by atomic mass is 16.6. The van der Waals surface area contributed by atoms with Crippen LogP contribution in [0.3, 0.4) is 0 Å². The topological polar surface area (TPSA) is 123 Å². The predicted molar refractivity (Wildman–Crippen MR) is 210 cm³/mol. The minimum absolute atomic E-state index is 0.0268. The molecule has 0 spiro atoms. The molecule has 9 nitrogen and oxygen atoms in total. The van der Waals surface area contributed by atoms with Crippen LogP contribution in [-0.4, -0.2) is 63.1 Å². The molecule has 282 valence electrons. The summed E-state index contributed by atoms with van der Waals surface area (Å²) in [6.45, 7) is 3.08. The van der Waals surface area contributed by atoms with E-state index in [-0.39, 0.29) is 43.0 Å². The van der Waals surface area contributed by atoms with E-state index >= 15 is 0 Å². The maximum absolute atomic E-state index is 13.7. The summed E-state index contributed by atoms with van der Waals surface area (Å²) in [6, 6.07) is 31.8. The maximum Gasteiger partial charge on any atom is 0.407 e. The van der Waals surface area contributed by atoms with Gasteiger partial charge in [-0.25, -0.2) is 9.59 Å². The van der Waals surface area contributed by atoms with Gasteiger partial charge in [0.1, 0.15) is 19.0 Å². The van der Waals surface area contributed by atoms with Crippen LogP contribution in [0.2, 0.25) is 0 Å². The quantitative estimate of drug-likeness (QED) is 0.0833. The van der Waals surface area contributed by atoms with E-state index in [9.17, 15) is 19.2 Å². The van der Waals surface area contributed by atoms with Gasteiger partial charge in [0.05, 0.1) is 6.04 Å². The third-order valence-electron chi connectivity index (χ3n) is 10.8. The molecule has 0 heterocycles. The largest absolute Gasteiger partial charge is 0.449 e. The van der Waals surface area contributed by atoms with Crippen molar-refractivity contribution in [3.8, 4) is 22.3 Å². The van der Waals surface area contributed by atoms with Crippen LogP contribution >= 0.6 is 0 Å². The number of hydrogen-bond donors (Lipinski definition) is 3. The van der Waals surface area contributed by atoms with E-state index in [0.717, 1.165) is 52.8 Å². The molecule has 0 aliphatic heterocycles. The van der Waals surface area contributed by atoms with Crippen LogP contribution in [0.25, 0.3) is 22.3 Å². The number of unbranched alkanes of at least 4 members (excludes halogenated alkanes) is 2. The van der Waals surface area contributed by atoms with Gasteiger partial charge in [-0.2, -0.15) is 0 Å². The van der Waals surface area contributed by atoms with Crippen LogP contribution in [0.15, 0.2) is 97.1 Å². The summed E-state index contributed by atoms with van der Waals surface area (Å²) < 4.78 is 11.5. The summed E-state index contributed by atoms with van der Waals surface area (Å²) >= 11 is 0. The second-order valence-corrected chi connectivity index (χ2v) is 14.3. The number of amides is 2. The number of alkyl carbamates (subject to hydrolysis) is 2. The molecule has 2 aliphatic carbocycles. The number of ether oxygens (including phenoxy) is 2. The smallest absolute Gasteiger partial charge is 0.407 e. The Labute approximate surface area is 318 Å². The summed E-state index contributed by atoms with van der Waals surface area (Å²) in [4.78, 5) is 52.2. The molecule has 0 aromatic heterocycles. The Morgan fingerprint density at radius 2 is 1.04 bits per heavy atom. The van der Waals surface area contributed by atoms with Crippen molar-refractivity contribution in [2.45, 2.75) is 69.7 Å². The molecule has 4 aromatic rings. The van der Waals surface area contributed by atoms with Crippen molar-refractivity contribution < 1.29 is 28.7 Å². The van der Waals surface area contributed by atoms with Crippen LogP contribution in [0, 0.1) is 5.92 Å². The normalized spacial score (nSPS) is 13.9. The van der Waals surface area contributed by atoms with Crippen molar-refractivity contribution in [1.29, 1.82) is 0 Å². The lowest BCUT2D eigenvalue weighted by Gasteiger charge is -2.21. The van der Waals surface area contributed by atoms with Crippen molar-refractivity contribution in [2.75, 3.05) is 33.4 Å². The molecule has 4 aromatic carbocycles. The number of benzene rings is 4. The molecule has 2 amide bonds. The lowest BCUT2D eigenvalue weighted by Crippen LogP contribution is -2.42. The maximum atomic E-state index is 13.7. The highest BCUT2D eigenvalue weighted by Crippen LogP contribution is 2.45. The van der Waals surface area contributed by atoms with Crippen molar-refractivity contribution in [3.05, 3.63) is 119 Å². The molecule has 6 rings (SSSR count). The van der Waals surface area contributed by atoms with Gasteiger partial charge in [-0.1, -0.05) is 103 Å². The van der Waals surface area contributed by atoms with Crippen LogP contribution in [-0.2, 0) is 19.1 Å². The van der Waals surface area contributed by atoms with E-state index in [4.69, 9.17) is 9.47 Å². The van der Waals surface area contributed by atoms with Gasteiger partial charge in [-0.3, -0.25) is 9.59 Å². The monoisotopic (exact) mass is 729 g/mol. The first kappa shape index (κ1) is 38.4. The first-order valence-corrected chi connectivity index (χ1v) is 19.2. The van der Waals surface area contributed by atoms with Gasteiger partial charge < -0.3 is 25.4 Å². The molecule has 0 fully saturated rings. The van der Waals surface area contributed by atoms with Gasteiger partial charge in [0, 0.05) is 30.7 Å². The summed E-state index contributed by atoms with van der Waals surface area (Å²) in [6.07, 6.45) is 2.71. The first-order valence-electron chi connectivity index (χ1n) is 19.2. The predicted octanol–water partition coefficient (Wildman–Crippen LogP) is 8.16. The number of carbonyl (C=O) groups is 4. The average Bonchev–Trinajstić information content (AvgIpc) is 3.69. The molecular weight excluding hydrogens is 679 g/mol. The number of carbonyl (C=O) groups excluding carboxylic acids is 4. The summed E-state index contributed by atoms with van der Waals surface area (Å²) in [5, 5.41) is 8.79. The molecule has 0 saturated heterocycles. The van der Waals surface area contributed by atoms with E-state index < -0.39 is 24.1 Å². The summed E-state index contributed by atoms with van der Waals surface area (Å²) in [7, 11) is 1.89. The van der Waals surface area contributed by atoms with E-state index in [1.807, 2.05) is 55.6 Å². The molecule has 3 N–H and O–H groups in total. The van der Waals surface area contributed by atoms with Gasteiger partial charge in [0.15, 0.2) is 5.78 Å². The molecule has 9 heteroatoms. The number of Topliss-reactive ketones (excluding diaryl/α,β-unsaturated/α-hetero) is 2. The van der Waals surface area contributed by atoms with Gasteiger partial charge in [0.25, 0.3) is 0 Å². The zero-order chi connectivity index (χ0) is 37.9. The van der Waals surface area contributed by atoms with Crippen molar-refractivity contribution in [3.63, 3.8) is 0 Å². The van der Waals surface area contributed by atoms with E-state index in [1.165, 1.54) is 18.1 Å². The Bertz CT molecular complexity index is 1850. The van der Waals surface area contributed by atoms with Crippen molar-refractivity contribution in [1.82, 2.24) is 16.0 Å². The van der Waals surface area contributed by atoms with E-state index in [2.05, 4.69) is 64.5 Å². The van der Waals surface area contributed by atoms with Crippen LogP contribution < -0.4 is 16.0 Å². The number of ketones is 2. The SMILES string of the molecule is CNCCCC[C@H](CC(=O)[C@H](CCCCNC(=O)OCC1c2ccccc2-c2ccccc21)NC(=O)OCC1c2ccccc2-c2ccccc21)C(C)=O. The zero-order valence-electron chi connectivity index (χ0n) is 31.3. The Morgan fingerprint density at radius 3 is 1.52 bits per heavy atom. The van der Waals surface area contributed by atoms with Gasteiger partial charge in [-0.15, -0.1) is 0 Å². The minimum atomic E-state index is -0.825. The average molecular weight is 730 g/mol. The first-order chi connectivity index (χ1) is 26.4. The fraction of sp³-hybridized carbons (Fsp3) is 0.378. The van der Waals surface area contributed by atoms with Gasteiger partial charge in [0.2, 0.25) is 0 Å². The van der Waals surface area contributed by atoms with Crippen LogP contribution in [0.4, 0.5) is 9.59 Å². The fourth-order valence-electron chi connectivity index (χ4n) is 7.94. The van der Waals surface area contributed by atoms with E-state index in [1.54, 1.807) is 0 Å². The van der Waals surface area contributed by atoms with Crippen LogP contribution in [0.5, 0.6) is 0 Å². The highest BCUT2D eigenvalue weighted by Gasteiger charge is 2.31. The minimum Gasteiger partial charge on any atom is -0.449 e. The fourth-order valence-corrected chi connectivity index (χ4v) is 7.94. The van der Waals surface area contributed by atoms with Gasteiger partial charge in [-0.05, 0) is 97.1 Å². The Morgan fingerprint density at radius 1 is 0.593 bits per heavy atom. The summed E-state index contributed by atoms with van der Waals surface area (Å²) in [5.41, 5.74) is 9.10. The van der Waals surface area contributed by atoms with E-state index in [0.29, 0.717) is 32.2 Å². The molecule has 54 heavy (non-hydrogen) atoms. The van der Waals surface area contributed by atoms with Crippen molar-refractivity contribution in [2.24, 2.45) is 5.92 Å². The molecule has 2 atom stereocenters. The third kappa shape index (κ3) is 9.26. The molecule has 2 aliphatic rings. The van der Waals surface area contributed by atoms with Gasteiger partial charge >= 0.3 is 12.2 Å². The molecular formula is C45H51N3O6. The molecule has 0 bridgehead atoms. The van der Waals surface area contributed by atoms with Crippen LogP contribution in [0.1, 0.15) is 86.0 Å². The Balaban J connectivity index is 1.01. The number of hydrogen-bond acceptors (Lipinski definition) is 7. The Kier molecular flexibility index (Phi) is 13.3. The third-order valence-corrected chi connectivity index (χ3v) is 10.8. The number of fused-ring (bicyclic) bond motifs is 6. The molecule has 0 saturated carbocycles. The number of rotatable bonds is 19. The zero-order valence-corrected chi connectivity index (χ0v) is 31.3. The lowest BCUT2D eigenvalue weighted by molar-refractivity contribution is -0.128. The van der Waals surface area contributed by atoms with Crippen molar-refractivity contribution >= 4 is 23.8 Å². The second kappa shape index (κ2) is 18.7. The lowest BCUT2D eigenvalue weighted by atomic mass is 9.89. The standard InChI is InChI=1S/C45H51N3O6/c1-30(49)31(15-11-13-25-46-2)27-43(50)42(48-45(52)54-29-41-38-22-9-5-18-34(38)35-19-6-10-23-39(35)41)24-12-14-26-47-44(51)53-28-40-36-20-7-3-16-32(36)33-17-4-8-21-37(33)40/h3-10,16-23,31,40-42,46H,11-15,24-29H2,1-2H3,(H,47,51)(H,48,52)/t31-,42+/m1/s1. The number of nitrogens with one attached hydrogen (secondary N) is 3. The summed E-state index contributed by atoms with van der Waals surface area (Å²) in [5.74, 6) is -0.764. The Hall–Kier alpha value is -5.28.